The predicted octanol–water partition coefficient (Wildman–Crippen LogP) is 3.31. The zero-order chi connectivity index (χ0) is 11.7. The molecule has 1 heterocycles. The minimum absolute atomic E-state index is 0.280. The molecule has 0 aliphatic heterocycles. The number of benzene rings is 1. The topological polar surface area (TPSA) is 46.5 Å². The number of hydrogen-bond acceptors (Lipinski definition) is 3. The smallest absolute Gasteiger partial charge is 0.349 e. The van der Waals surface area contributed by atoms with E-state index in [1.54, 1.807) is 0 Å². The van der Waals surface area contributed by atoms with Crippen LogP contribution >= 0.6 is 11.3 Å². The van der Waals surface area contributed by atoms with Crippen LogP contribution in [0.25, 0.3) is 10.1 Å². The van der Waals surface area contributed by atoms with Crippen LogP contribution in [0.5, 0.6) is 5.75 Å². The second-order valence-corrected chi connectivity index (χ2v) is 4.55. The largest absolute Gasteiger partial charge is 0.491 e. The van der Waals surface area contributed by atoms with Crippen molar-refractivity contribution in [1.29, 1.82) is 0 Å². The number of thiophene rings is 1. The van der Waals surface area contributed by atoms with Crippen LogP contribution in [0.4, 0.5) is 0 Å². The lowest BCUT2D eigenvalue weighted by Gasteiger charge is -2.02. The Morgan fingerprint density at radius 1 is 1.50 bits per heavy atom. The molecule has 1 N–H and O–H groups in total. The first-order valence-electron chi connectivity index (χ1n) is 5.02. The molecule has 0 unspecified atom stereocenters. The van der Waals surface area contributed by atoms with Gasteiger partial charge in [-0.15, -0.1) is 11.3 Å². The third-order valence-electron chi connectivity index (χ3n) is 2.28. The number of carboxylic acid groups (broad SMARTS) is 1. The number of hydrogen-bond donors (Lipinski definition) is 1. The summed E-state index contributed by atoms with van der Waals surface area (Å²) in [5.74, 6) is -0.430. The van der Waals surface area contributed by atoms with Gasteiger partial charge < -0.3 is 9.84 Å². The lowest BCUT2D eigenvalue weighted by atomic mass is 10.1. The van der Waals surface area contributed by atoms with Crippen molar-refractivity contribution >= 4 is 27.4 Å². The summed E-state index contributed by atoms with van der Waals surface area (Å²) in [6, 6.07) is 5.87. The Labute approximate surface area is 97.3 Å². The van der Waals surface area contributed by atoms with Crippen LogP contribution in [0.2, 0.25) is 0 Å². The van der Waals surface area contributed by atoms with E-state index in [1.165, 1.54) is 11.3 Å². The minimum Gasteiger partial charge on any atom is -0.491 e. The Morgan fingerprint density at radius 2 is 2.25 bits per heavy atom. The first-order valence-corrected chi connectivity index (χ1v) is 5.84. The van der Waals surface area contributed by atoms with Gasteiger partial charge in [0.15, 0.2) is 10.6 Å². The highest BCUT2D eigenvalue weighted by molar-refractivity contribution is 7.21. The summed E-state index contributed by atoms with van der Waals surface area (Å²) in [5, 5.41) is 9.99. The van der Waals surface area contributed by atoms with Gasteiger partial charge in [0, 0.05) is 10.1 Å². The molecule has 0 spiro atoms. The molecule has 0 bridgehead atoms. The Hall–Kier alpha value is -1.55. The Balaban J connectivity index is 2.71. The van der Waals surface area contributed by atoms with Gasteiger partial charge in [-0.2, -0.15) is 0 Å². The molecule has 16 heavy (non-hydrogen) atoms. The van der Waals surface area contributed by atoms with Gasteiger partial charge in [-0.1, -0.05) is 11.6 Å². The first-order chi connectivity index (χ1) is 7.63. The number of ether oxygens (including phenoxy) is 1. The van der Waals surface area contributed by atoms with E-state index in [-0.39, 0.29) is 4.88 Å². The summed E-state index contributed by atoms with van der Waals surface area (Å²) in [4.78, 5) is 11.4. The van der Waals surface area contributed by atoms with Crippen molar-refractivity contribution < 1.29 is 14.6 Å². The summed E-state index contributed by atoms with van der Waals surface area (Å²) >= 11 is 1.26. The Bertz CT molecular complexity index is 542. The van der Waals surface area contributed by atoms with Crippen LogP contribution < -0.4 is 4.74 Å². The summed E-state index contributed by atoms with van der Waals surface area (Å²) in [6.45, 7) is 4.30. The fraction of sp³-hybridized carbons (Fsp3) is 0.250. The first kappa shape index (κ1) is 11.0. The molecule has 1 aromatic heterocycles. The zero-order valence-corrected chi connectivity index (χ0v) is 9.93. The van der Waals surface area contributed by atoms with Gasteiger partial charge >= 0.3 is 5.97 Å². The van der Waals surface area contributed by atoms with Crippen LogP contribution in [-0.4, -0.2) is 17.7 Å². The summed E-state index contributed by atoms with van der Waals surface area (Å²) in [7, 11) is 0. The van der Waals surface area contributed by atoms with E-state index >= 15 is 0 Å². The van der Waals surface area contributed by atoms with Crippen LogP contribution in [0.15, 0.2) is 18.2 Å². The molecule has 2 rings (SSSR count). The highest BCUT2D eigenvalue weighted by Gasteiger charge is 2.18. The van der Waals surface area contributed by atoms with E-state index < -0.39 is 5.97 Å². The van der Waals surface area contributed by atoms with E-state index in [9.17, 15) is 4.79 Å². The maximum Gasteiger partial charge on any atom is 0.349 e. The molecular weight excluding hydrogens is 224 g/mol. The summed E-state index contributed by atoms with van der Waals surface area (Å²) in [5.41, 5.74) is 1.10. The minimum atomic E-state index is -0.928. The van der Waals surface area contributed by atoms with Gasteiger partial charge in [0.05, 0.1) is 6.61 Å². The second-order valence-electron chi connectivity index (χ2n) is 3.50. The van der Waals surface area contributed by atoms with Gasteiger partial charge in [0.1, 0.15) is 0 Å². The van der Waals surface area contributed by atoms with E-state index in [2.05, 4.69) is 0 Å². The number of fused-ring (bicyclic) bond motifs is 1. The van der Waals surface area contributed by atoms with Gasteiger partial charge in [-0.05, 0) is 26.0 Å². The number of rotatable bonds is 3. The molecule has 0 saturated heterocycles. The molecule has 0 amide bonds. The van der Waals surface area contributed by atoms with Crippen LogP contribution in [0.1, 0.15) is 22.2 Å². The molecule has 0 saturated carbocycles. The molecule has 4 heteroatoms. The highest BCUT2D eigenvalue weighted by atomic mass is 32.1. The second kappa shape index (κ2) is 4.14. The van der Waals surface area contributed by atoms with Crippen LogP contribution in [0.3, 0.4) is 0 Å². The monoisotopic (exact) mass is 236 g/mol. The van der Waals surface area contributed by atoms with Crippen LogP contribution in [0, 0.1) is 6.92 Å². The quantitative estimate of drug-likeness (QED) is 0.889. The molecule has 0 radical (unpaired) electrons. The van der Waals surface area contributed by atoms with Gasteiger partial charge in [0.25, 0.3) is 0 Å². The van der Waals surface area contributed by atoms with E-state index in [0.717, 1.165) is 15.6 Å². The molecule has 0 aliphatic rings. The van der Waals surface area contributed by atoms with Gasteiger partial charge in [-0.25, -0.2) is 4.79 Å². The number of carbonyl (C=O) groups is 1. The van der Waals surface area contributed by atoms with Crippen molar-refractivity contribution in [3.05, 3.63) is 28.6 Å². The molecule has 0 fully saturated rings. The molecule has 0 atom stereocenters. The highest BCUT2D eigenvalue weighted by Crippen LogP contribution is 2.38. The molecule has 3 nitrogen and oxygen atoms in total. The number of aryl methyl sites for hydroxylation is 1. The van der Waals surface area contributed by atoms with Crippen molar-refractivity contribution in [3.8, 4) is 5.75 Å². The van der Waals surface area contributed by atoms with E-state index in [4.69, 9.17) is 9.84 Å². The lowest BCUT2D eigenvalue weighted by Crippen LogP contribution is -1.98. The molecule has 1 aromatic carbocycles. The predicted molar refractivity (Wildman–Crippen MR) is 64.7 cm³/mol. The van der Waals surface area contributed by atoms with Crippen molar-refractivity contribution in [2.24, 2.45) is 0 Å². The lowest BCUT2D eigenvalue weighted by molar-refractivity contribution is 0.0698. The van der Waals surface area contributed by atoms with E-state index in [0.29, 0.717) is 12.4 Å². The molecule has 84 valence electrons. The SMILES string of the molecule is CCOc1c(C(=O)O)sc2ccc(C)cc12. The van der Waals surface area contributed by atoms with Crippen molar-refractivity contribution in [1.82, 2.24) is 0 Å². The third kappa shape index (κ3) is 1.76. The fourth-order valence-electron chi connectivity index (χ4n) is 1.62. The average Bonchev–Trinajstić information content (AvgIpc) is 2.58. The molecule has 0 aliphatic carbocycles. The van der Waals surface area contributed by atoms with E-state index in [1.807, 2.05) is 32.0 Å². The zero-order valence-electron chi connectivity index (χ0n) is 9.11. The Morgan fingerprint density at radius 3 is 2.88 bits per heavy atom. The normalized spacial score (nSPS) is 10.6. The van der Waals surface area contributed by atoms with Gasteiger partial charge in [-0.3, -0.25) is 0 Å². The van der Waals surface area contributed by atoms with Crippen molar-refractivity contribution in [2.75, 3.05) is 6.61 Å². The Kier molecular flexibility index (Phi) is 2.83. The third-order valence-corrected chi connectivity index (χ3v) is 3.42. The fourth-order valence-corrected chi connectivity index (χ4v) is 2.58. The number of carboxylic acids is 1. The van der Waals surface area contributed by atoms with Gasteiger partial charge in [0.2, 0.25) is 0 Å². The van der Waals surface area contributed by atoms with Crippen LogP contribution in [-0.2, 0) is 0 Å². The number of aromatic carboxylic acids is 1. The molecular formula is C12H12O3S. The standard InChI is InChI=1S/C12H12O3S/c1-3-15-10-8-6-7(2)4-5-9(8)16-11(10)12(13)14/h4-6H,3H2,1-2H3,(H,13,14). The maximum absolute atomic E-state index is 11.1. The summed E-state index contributed by atoms with van der Waals surface area (Å²) < 4.78 is 6.39. The van der Waals surface area contributed by atoms with Crippen molar-refractivity contribution in [2.45, 2.75) is 13.8 Å². The maximum atomic E-state index is 11.1. The average molecular weight is 236 g/mol. The van der Waals surface area contributed by atoms with Crippen molar-refractivity contribution in [3.63, 3.8) is 0 Å². The summed E-state index contributed by atoms with van der Waals surface area (Å²) in [6.07, 6.45) is 0. The molecule has 2 aromatic rings.